The second kappa shape index (κ2) is 4.74. The van der Waals surface area contributed by atoms with Gasteiger partial charge < -0.3 is 5.32 Å². The van der Waals surface area contributed by atoms with Gasteiger partial charge in [-0.3, -0.25) is 0 Å². The molecule has 0 radical (unpaired) electrons. The summed E-state index contributed by atoms with van der Waals surface area (Å²) in [5.74, 6) is -1.59. The topological polar surface area (TPSA) is 12.0 Å². The Labute approximate surface area is 94.2 Å². The van der Waals surface area contributed by atoms with Gasteiger partial charge in [0.15, 0.2) is 11.6 Å². The third-order valence-corrected chi connectivity index (χ3v) is 2.60. The van der Waals surface area contributed by atoms with Gasteiger partial charge in [0, 0.05) is 12.6 Å². The highest BCUT2D eigenvalue weighted by Gasteiger charge is 2.19. The Morgan fingerprint density at radius 2 is 2.12 bits per heavy atom. The van der Waals surface area contributed by atoms with Gasteiger partial charge in [-0.15, -0.1) is 0 Å². The molecule has 0 heterocycles. The standard InChI is InChI=1S/C13H15F2N/c1-9(8-16-11-3-4-11)6-10-2-5-12(14)13(15)7-10/h2,5-7,11,16H,3-4,8H2,1H3. The summed E-state index contributed by atoms with van der Waals surface area (Å²) in [4.78, 5) is 0. The highest BCUT2D eigenvalue weighted by Crippen LogP contribution is 2.19. The van der Waals surface area contributed by atoms with Crippen LogP contribution in [0.2, 0.25) is 0 Å². The smallest absolute Gasteiger partial charge is 0.159 e. The van der Waals surface area contributed by atoms with E-state index >= 15 is 0 Å². The van der Waals surface area contributed by atoms with E-state index in [4.69, 9.17) is 0 Å². The predicted molar refractivity (Wildman–Crippen MR) is 61.0 cm³/mol. The van der Waals surface area contributed by atoms with Crippen molar-refractivity contribution >= 4 is 6.08 Å². The molecular weight excluding hydrogens is 208 g/mol. The third kappa shape index (κ3) is 3.14. The van der Waals surface area contributed by atoms with Gasteiger partial charge in [0.25, 0.3) is 0 Å². The van der Waals surface area contributed by atoms with Gasteiger partial charge in [0.1, 0.15) is 0 Å². The number of hydrogen-bond acceptors (Lipinski definition) is 1. The average Bonchev–Trinajstić information content (AvgIpc) is 3.04. The van der Waals surface area contributed by atoms with Crippen molar-refractivity contribution in [3.05, 3.63) is 41.0 Å². The fourth-order valence-corrected chi connectivity index (χ4v) is 1.53. The SMILES string of the molecule is CC(=Cc1ccc(F)c(F)c1)CNC1CC1. The van der Waals surface area contributed by atoms with Crippen molar-refractivity contribution in [2.75, 3.05) is 6.54 Å². The molecule has 0 spiro atoms. The number of halogens is 2. The molecule has 16 heavy (non-hydrogen) atoms. The number of rotatable bonds is 4. The fourth-order valence-electron chi connectivity index (χ4n) is 1.53. The predicted octanol–water partition coefficient (Wildman–Crippen LogP) is 3.12. The molecule has 0 unspecified atom stereocenters. The molecule has 1 aromatic rings. The summed E-state index contributed by atoms with van der Waals surface area (Å²) in [6.07, 6.45) is 4.37. The molecular formula is C13H15F2N. The molecule has 0 aromatic heterocycles. The van der Waals surface area contributed by atoms with Gasteiger partial charge in [-0.25, -0.2) is 8.78 Å². The van der Waals surface area contributed by atoms with Gasteiger partial charge in [0.2, 0.25) is 0 Å². The number of nitrogens with one attached hydrogen (secondary N) is 1. The zero-order chi connectivity index (χ0) is 11.5. The van der Waals surface area contributed by atoms with Crippen LogP contribution in [0.3, 0.4) is 0 Å². The lowest BCUT2D eigenvalue weighted by Crippen LogP contribution is -2.18. The van der Waals surface area contributed by atoms with Gasteiger partial charge >= 0.3 is 0 Å². The highest BCUT2D eigenvalue weighted by molar-refractivity contribution is 5.52. The summed E-state index contributed by atoms with van der Waals surface area (Å²) in [6, 6.07) is 4.62. The summed E-state index contributed by atoms with van der Waals surface area (Å²) in [5.41, 5.74) is 1.83. The largest absolute Gasteiger partial charge is 0.310 e. The van der Waals surface area contributed by atoms with Crippen LogP contribution in [-0.4, -0.2) is 12.6 Å². The first-order valence-electron chi connectivity index (χ1n) is 5.51. The normalized spacial score (nSPS) is 16.6. The molecule has 1 saturated carbocycles. The highest BCUT2D eigenvalue weighted by atomic mass is 19.2. The molecule has 1 N–H and O–H groups in total. The van der Waals surface area contributed by atoms with E-state index in [1.807, 2.05) is 13.0 Å². The van der Waals surface area contributed by atoms with Crippen molar-refractivity contribution in [1.82, 2.24) is 5.32 Å². The lowest BCUT2D eigenvalue weighted by atomic mass is 10.1. The Balaban J connectivity index is 1.99. The molecule has 0 atom stereocenters. The van der Waals surface area contributed by atoms with Crippen molar-refractivity contribution in [2.24, 2.45) is 0 Å². The summed E-state index contributed by atoms with van der Waals surface area (Å²) in [6.45, 7) is 2.79. The maximum atomic E-state index is 12.9. The Morgan fingerprint density at radius 3 is 2.75 bits per heavy atom. The second-order valence-electron chi connectivity index (χ2n) is 4.32. The van der Waals surface area contributed by atoms with Crippen LogP contribution >= 0.6 is 0 Å². The summed E-state index contributed by atoms with van der Waals surface area (Å²) in [5, 5.41) is 3.37. The van der Waals surface area contributed by atoms with Crippen LogP contribution in [0.15, 0.2) is 23.8 Å². The monoisotopic (exact) mass is 223 g/mol. The van der Waals surface area contributed by atoms with E-state index < -0.39 is 11.6 Å². The minimum atomic E-state index is -0.800. The fraction of sp³-hybridized carbons (Fsp3) is 0.385. The van der Waals surface area contributed by atoms with E-state index in [9.17, 15) is 8.78 Å². The minimum Gasteiger partial charge on any atom is -0.310 e. The molecule has 1 aliphatic carbocycles. The van der Waals surface area contributed by atoms with Crippen LogP contribution in [0.25, 0.3) is 6.08 Å². The molecule has 1 aromatic carbocycles. The molecule has 3 heteroatoms. The van der Waals surface area contributed by atoms with E-state index in [1.54, 1.807) is 6.07 Å². The molecule has 1 nitrogen and oxygen atoms in total. The van der Waals surface area contributed by atoms with E-state index in [2.05, 4.69) is 5.32 Å². The first-order valence-corrected chi connectivity index (χ1v) is 5.51. The maximum absolute atomic E-state index is 12.9. The lowest BCUT2D eigenvalue weighted by Gasteiger charge is -2.03. The Kier molecular flexibility index (Phi) is 3.34. The first-order chi connectivity index (χ1) is 7.65. The lowest BCUT2D eigenvalue weighted by molar-refractivity contribution is 0.508. The van der Waals surface area contributed by atoms with E-state index in [0.717, 1.165) is 18.2 Å². The zero-order valence-corrected chi connectivity index (χ0v) is 9.26. The molecule has 1 aliphatic rings. The van der Waals surface area contributed by atoms with E-state index in [-0.39, 0.29) is 0 Å². The van der Waals surface area contributed by atoms with Crippen molar-refractivity contribution in [3.63, 3.8) is 0 Å². The number of benzene rings is 1. The summed E-state index contributed by atoms with van der Waals surface area (Å²) < 4.78 is 25.6. The van der Waals surface area contributed by atoms with Crippen LogP contribution in [0, 0.1) is 11.6 Å². The minimum absolute atomic E-state index is 0.660. The molecule has 0 saturated heterocycles. The van der Waals surface area contributed by atoms with Crippen LogP contribution < -0.4 is 5.32 Å². The van der Waals surface area contributed by atoms with Gasteiger partial charge in [-0.2, -0.15) is 0 Å². The van der Waals surface area contributed by atoms with Crippen LogP contribution in [0.1, 0.15) is 25.3 Å². The third-order valence-electron chi connectivity index (χ3n) is 2.60. The van der Waals surface area contributed by atoms with Crippen molar-refractivity contribution in [2.45, 2.75) is 25.8 Å². The van der Waals surface area contributed by atoms with Gasteiger partial charge in [-0.05, 0) is 37.5 Å². The van der Waals surface area contributed by atoms with Crippen molar-refractivity contribution in [3.8, 4) is 0 Å². The molecule has 86 valence electrons. The molecule has 1 fully saturated rings. The molecule has 0 aliphatic heterocycles. The maximum Gasteiger partial charge on any atom is 0.159 e. The zero-order valence-electron chi connectivity index (χ0n) is 9.26. The van der Waals surface area contributed by atoms with Crippen LogP contribution in [0.5, 0.6) is 0 Å². The van der Waals surface area contributed by atoms with Crippen LogP contribution in [-0.2, 0) is 0 Å². The van der Waals surface area contributed by atoms with Gasteiger partial charge in [0.05, 0.1) is 0 Å². The van der Waals surface area contributed by atoms with E-state index in [0.29, 0.717) is 11.6 Å². The number of hydrogen-bond donors (Lipinski definition) is 1. The molecule has 0 bridgehead atoms. The van der Waals surface area contributed by atoms with Crippen molar-refractivity contribution in [1.29, 1.82) is 0 Å². The Hall–Kier alpha value is -1.22. The first kappa shape index (κ1) is 11.3. The Bertz CT molecular complexity index is 408. The summed E-state index contributed by atoms with van der Waals surface area (Å²) in [7, 11) is 0. The molecule has 2 rings (SSSR count). The molecule has 0 amide bonds. The van der Waals surface area contributed by atoms with E-state index in [1.165, 1.54) is 18.9 Å². The van der Waals surface area contributed by atoms with Crippen LogP contribution in [0.4, 0.5) is 8.78 Å². The quantitative estimate of drug-likeness (QED) is 0.827. The summed E-state index contributed by atoms with van der Waals surface area (Å²) >= 11 is 0. The van der Waals surface area contributed by atoms with Gasteiger partial charge in [-0.1, -0.05) is 17.7 Å². The van der Waals surface area contributed by atoms with Crippen molar-refractivity contribution < 1.29 is 8.78 Å². The second-order valence-corrected chi connectivity index (χ2v) is 4.32. The average molecular weight is 223 g/mol. The Morgan fingerprint density at radius 1 is 1.38 bits per heavy atom.